The van der Waals surface area contributed by atoms with Crippen molar-refractivity contribution in [2.24, 2.45) is 0 Å². The van der Waals surface area contributed by atoms with Crippen LogP contribution in [-0.2, 0) is 0 Å². The van der Waals surface area contributed by atoms with E-state index in [4.69, 9.17) is 4.74 Å². The molecule has 1 aliphatic rings. The Bertz CT molecular complexity index is 768. The third-order valence-electron chi connectivity index (χ3n) is 5.12. The largest absolute Gasteiger partial charge is 0.496 e. The van der Waals surface area contributed by atoms with Gasteiger partial charge < -0.3 is 4.74 Å². The van der Waals surface area contributed by atoms with Gasteiger partial charge in [-0.15, -0.1) is 0 Å². The fourth-order valence-electron chi connectivity index (χ4n) is 3.99. The molecule has 3 aromatic carbocycles. The zero-order valence-corrected chi connectivity index (χ0v) is 15.4. The quantitative estimate of drug-likeness (QED) is 0.520. The highest BCUT2D eigenvalue weighted by molar-refractivity contribution is 7.66. The molecule has 1 fully saturated rings. The van der Waals surface area contributed by atoms with Gasteiger partial charge in [0.15, 0.2) is 0 Å². The molecule has 1 heterocycles. The molecule has 0 N–H and O–H groups in total. The topological polar surface area (TPSA) is 9.23 Å². The van der Waals surface area contributed by atoms with E-state index >= 15 is 0 Å². The lowest BCUT2D eigenvalue weighted by Gasteiger charge is -2.28. The van der Waals surface area contributed by atoms with Gasteiger partial charge in [-0.3, -0.25) is 0 Å². The number of methoxy groups -OCH3 is 1. The van der Waals surface area contributed by atoms with Crippen LogP contribution < -0.4 is 10.0 Å². The Labute approximate surface area is 151 Å². The molecular weight excluding hydrogens is 323 g/mol. The Morgan fingerprint density at radius 3 is 1.68 bits per heavy atom. The highest BCUT2D eigenvalue weighted by Gasteiger charge is 2.39. The fourth-order valence-corrected chi connectivity index (χ4v) is 7.62. The molecule has 2 atom stereocenters. The van der Waals surface area contributed by atoms with Crippen molar-refractivity contribution >= 4 is 13.2 Å². The van der Waals surface area contributed by atoms with E-state index in [1.807, 2.05) is 0 Å². The number of hydrogen-bond acceptors (Lipinski definition) is 1. The summed E-state index contributed by atoms with van der Waals surface area (Å²) in [6.45, 7) is 0. The molecule has 1 aliphatic heterocycles. The van der Waals surface area contributed by atoms with Gasteiger partial charge in [-0.05, 0) is 30.0 Å². The molecule has 0 spiro atoms. The minimum absolute atomic E-state index is 0.371. The van der Waals surface area contributed by atoms with E-state index in [0.29, 0.717) is 11.3 Å². The van der Waals surface area contributed by atoms with Crippen LogP contribution in [0.4, 0.5) is 0 Å². The van der Waals surface area contributed by atoms with Crippen molar-refractivity contribution in [1.82, 2.24) is 0 Å². The second kappa shape index (κ2) is 7.42. The molecule has 1 nitrogen and oxygen atoms in total. The maximum atomic E-state index is 5.74. The molecule has 0 radical (unpaired) electrons. The normalized spacial score (nSPS) is 20.5. The van der Waals surface area contributed by atoms with Crippen molar-refractivity contribution in [3.63, 3.8) is 0 Å². The van der Waals surface area contributed by atoms with E-state index in [1.165, 1.54) is 29.3 Å². The third-order valence-corrected chi connectivity index (χ3v) is 8.50. The van der Waals surface area contributed by atoms with Crippen LogP contribution >= 0.6 is 7.92 Å². The van der Waals surface area contributed by atoms with Crippen LogP contribution in [0.3, 0.4) is 0 Å². The van der Waals surface area contributed by atoms with Crippen LogP contribution in [0.15, 0.2) is 84.9 Å². The first-order valence-corrected chi connectivity index (χ1v) is 10.4. The maximum absolute atomic E-state index is 5.74. The van der Waals surface area contributed by atoms with Crippen molar-refractivity contribution in [2.75, 3.05) is 7.11 Å². The second-order valence-corrected chi connectivity index (χ2v) is 9.05. The lowest BCUT2D eigenvalue weighted by Crippen LogP contribution is -2.10. The van der Waals surface area contributed by atoms with Crippen LogP contribution in [0.5, 0.6) is 5.75 Å². The number of hydrogen-bond donors (Lipinski definition) is 0. The lowest BCUT2D eigenvalue weighted by molar-refractivity contribution is 0.418. The highest BCUT2D eigenvalue weighted by atomic mass is 31.1. The monoisotopic (exact) mass is 346 g/mol. The summed E-state index contributed by atoms with van der Waals surface area (Å²) in [5.41, 5.74) is 4.13. The average molecular weight is 346 g/mol. The van der Waals surface area contributed by atoms with Crippen LogP contribution in [-0.4, -0.2) is 7.11 Å². The number of ether oxygens (including phenoxy) is 1. The smallest absolute Gasteiger partial charge is 0.126 e. The predicted octanol–water partition coefficient (Wildman–Crippen LogP) is 6.08. The molecule has 0 unspecified atom stereocenters. The summed E-state index contributed by atoms with van der Waals surface area (Å²) < 4.78 is 5.74. The Kier molecular flexibility index (Phi) is 4.85. The maximum Gasteiger partial charge on any atom is 0.126 e. The molecule has 2 heteroatoms. The van der Waals surface area contributed by atoms with E-state index in [-0.39, 0.29) is 7.92 Å². The molecule has 0 amide bonds. The average Bonchev–Trinajstić information content (AvgIpc) is 3.14. The van der Waals surface area contributed by atoms with E-state index in [1.54, 1.807) is 7.11 Å². The molecule has 0 aliphatic carbocycles. The zero-order valence-electron chi connectivity index (χ0n) is 14.5. The molecule has 0 saturated carbocycles. The first-order valence-electron chi connectivity index (χ1n) is 8.89. The first kappa shape index (κ1) is 16.4. The summed E-state index contributed by atoms with van der Waals surface area (Å²) in [6, 6.07) is 30.7. The van der Waals surface area contributed by atoms with Gasteiger partial charge >= 0.3 is 0 Å². The second-order valence-electron chi connectivity index (χ2n) is 6.51. The fraction of sp³-hybridized carbons (Fsp3) is 0.217. The minimum atomic E-state index is -0.371. The molecule has 25 heavy (non-hydrogen) atoms. The van der Waals surface area contributed by atoms with Gasteiger partial charge in [0.1, 0.15) is 5.75 Å². The van der Waals surface area contributed by atoms with Gasteiger partial charge in [0.05, 0.1) is 7.11 Å². The number of rotatable bonds is 4. The predicted molar refractivity (Wildman–Crippen MR) is 107 cm³/mol. The third kappa shape index (κ3) is 3.22. The summed E-state index contributed by atoms with van der Waals surface area (Å²) in [5, 5.41) is 1.40. The van der Waals surface area contributed by atoms with E-state index in [0.717, 1.165) is 5.75 Å². The first-order chi connectivity index (χ1) is 12.4. The SMILES string of the molecule is COc1ccccc1P1[C@H](c2ccccc2)CC[C@H]1c1ccccc1. The Morgan fingerprint density at radius 1 is 0.680 bits per heavy atom. The van der Waals surface area contributed by atoms with Crippen molar-refractivity contribution in [3.05, 3.63) is 96.1 Å². The Balaban J connectivity index is 1.81. The van der Waals surface area contributed by atoms with Gasteiger partial charge in [-0.2, -0.15) is 0 Å². The molecule has 126 valence electrons. The van der Waals surface area contributed by atoms with Gasteiger partial charge in [-0.25, -0.2) is 0 Å². The molecule has 0 bridgehead atoms. The van der Waals surface area contributed by atoms with Crippen molar-refractivity contribution in [1.29, 1.82) is 0 Å². The Hall–Kier alpha value is -2.11. The standard InChI is InChI=1S/C23H23OP/c1-24-20-14-8-9-15-23(20)25-21(18-10-4-2-5-11-18)16-17-22(25)19-12-6-3-7-13-19/h2-15,21-22H,16-17H2,1H3/t21-,22-/m0/s1. The van der Waals surface area contributed by atoms with Crippen molar-refractivity contribution in [3.8, 4) is 5.75 Å². The Morgan fingerprint density at radius 2 is 1.16 bits per heavy atom. The van der Waals surface area contributed by atoms with Gasteiger partial charge in [0, 0.05) is 16.6 Å². The molecule has 0 aromatic heterocycles. The van der Waals surface area contributed by atoms with Crippen LogP contribution in [0.1, 0.15) is 35.3 Å². The molecule has 3 aromatic rings. The minimum Gasteiger partial charge on any atom is -0.496 e. The number of benzene rings is 3. The molecule has 4 rings (SSSR count). The van der Waals surface area contributed by atoms with E-state index in [9.17, 15) is 0 Å². The van der Waals surface area contributed by atoms with Crippen LogP contribution in [0.25, 0.3) is 0 Å². The zero-order chi connectivity index (χ0) is 17.1. The number of para-hydroxylation sites is 1. The van der Waals surface area contributed by atoms with Gasteiger partial charge in [0.2, 0.25) is 0 Å². The van der Waals surface area contributed by atoms with Gasteiger partial charge in [0.25, 0.3) is 0 Å². The molecule has 1 saturated heterocycles. The summed E-state index contributed by atoms with van der Waals surface area (Å²) in [6.07, 6.45) is 2.49. The highest BCUT2D eigenvalue weighted by Crippen LogP contribution is 2.70. The van der Waals surface area contributed by atoms with Crippen molar-refractivity contribution in [2.45, 2.75) is 24.2 Å². The van der Waals surface area contributed by atoms with Gasteiger partial charge in [-0.1, -0.05) is 86.8 Å². The summed E-state index contributed by atoms with van der Waals surface area (Å²) in [4.78, 5) is 0. The summed E-state index contributed by atoms with van der Waals surface area (Å²) >= 11 is 0. The lowest BCUT2D eigenvalue weighted by atomic mass is 10.0. The van der Waals surface area contributed by atoms with Crippen molar-refractivity contribution < 1.29 is 4.74 Å². The molecular formula is C23H23OP. The van der Waals surface area contributed by atoms with E-state index in [2.05, 4.69) is 84.9 Å². The van der Waals surface area contributed by atoms with E-state index < -0.39 is 0 Å². The van der Waals surface area contributed by atoms with Crippen LogP contribution in [0, 0.1) is 0 Å². The summed E-state index contributed by atoms with van der Waals surface area (Å²) in [5.74, 6) is 1.04. The van der Waals surface area contributed by atoms with Crippen LogP contribution in [0.2, 0.25) is 0 Å². The summed E-state index contributed by atoms with van der Waals surface area (Å²) in [7, 11) is 1.42.